The Morgan fingerprint density at radius 2 is 2.16 bits per heavy atom. The molecule has 0 aliphatic heterocycles. The van der Waals surface area contributed by atoms with Crippen molar-refractivity contribution >= 4 is 6.08 Å². The molecule has 104 valence electrons. The van der Waals surface area contributed by atoms with Gasteiger partial charge in [-0.15, -0.1) is 6.58 Å². The minimum atomic E-state index is 0.0708. The molecule has 1 unspecified atom stereocenters. The average Bonchev–Trinajstić information content (AvgIpc) is 2.41. The van der Waals surface area contributed by atoms with Crippen LogP contribution in [0, 0.1) is 0 Å². The van der Waals surface area contributed by atoms with Gasteiger partial charge in [0, 0.05) is 13.1 Å². The SMILES string of the molecule is C=CCNCC(C)Oc1ccc(C=CC)cc1OC. The molecule has 0 saturated heterocycles. The maximum Gasteiger partial charge on any atom is 0.161 e. The van der Waals surface area contributed by atoms with Crippen molar-refractivity contribution in [3.63, 3.8) is 0 Å². The van der Waals surface area contributed by atoms with Crippen molar-refractivity contribution in [1.29, 1.82) is 0 Å². The first kappa shape index (κ1) is 15.3. The summed E-state index contributed by atoms with van der Waals surface area (Å²) >= 11 is 0. The Kier molecular flexibility index (Phi) is 6.75. The Balaban J connectivity index is 2.68. The number of allylic oxidation sites excluding steroid dienone is 1. The summed E-state index contributed by atoms with van der Waals surface area (Å²) < 4.78 is 11.2. The maximum absolute atomic E-state index is 5.87. The van der Waals surface area contributed by atoms with Crippen molar-refractivity contribution in [3.8, 4) is 11.5 Å². The van der Waals surface area contributed by atoms with Crippen molar-refractivity contribution in [1.82, 2.24) is 5.32 Å². The molecule has 19 heavy (non-hydrogen) atoms. The molecule has 0 fully saturated rings. The minimum absolute atomic E-state index is 0.0708. The van der Waals surface area contributed by atoms with Gasteiger partial charge in [-0.25, -0.2) is 0 Å². The van der Waals surface area contributed by atoms with Gasteiger partial charge in [-0.2, -0.15) is 0 Å². The fourth-order valence-corrected chi connectivity index (χ4v) is 1.72. The first-order valence-electron chi connectivity index (χ1n) is 6.50. The summed E-state index contributed by atoms with van der Waals surface area (Å²) in [6, 6.07) is 5.93. The zero-order chi connectivity index (χ0) is 14.1. The van der Waals surface area contributed by atoms with Crippen molar-refractivity contribution in [2.75, 3.05) is 20.2 Å². The highest BCUT2D eigenvalue weighted by Gasteiger charge is 2.09. The van der Waals surface area contributed by atoms with Crippen LogP contribution >= 0.6 is 0 Å². The molecule has 0 radical (unpaired) electrons. The van der Waals surface area contributed by atoms with Gasteiger partial charge < -0.3 is 14.8 Å². The number of ether oxygens (including phenoxy) is 2. The zero-order valence-electron chi connectivity index (χ0n) is 12.0. The van der Waals surface area contributed by atoms with Crippen LogP contribution < -0.4 is 14.8 Å². The van der Waals surface area contributed by atoms with Crippen LogP contribution in [0.2, 0.25) is 0 Å². The molecule has 1 rings (SSSR count). The molecule has 1 aromatic rings. The molecule has 0 heterocycles. The van der Waals surface area contributed by atoms with Crippen LogP contribution in [0.4, 0.5) is 0 Å². The molecule has 1 atom stereocenters. The van der Waals surface area contributed by atoms with Crippen molar-refractivity contribution in [2.24, 2.45) is 0 Å². The molecule has 3 heteroatoms. The summed E-state index contributed by atoms with van der Waals surface area (Å²) in [4.78, 5) is 0. The highest BCUT2D eigenvalue weighted by molar-refractivity contribution is 5.55. The van der Waals surface area contributed by atoms with Gasteiger partial charge in [-0.05, 0) is 31.5 Å². The molecular formula is C16H23NO2. The lowest BCUT2D eigenvalue weighted by atomic mass is 10.2. The lowest BCUT2D eigenvalue weighted by Gasteiger charge is -2.17. The molecular weight excluding hydrogens is 238 g/mol. The largest absolute Gasteiger partial charge is 0.493 e. The van der Waals surface area contributed by atoms with E-state index < -0.39 is 0 Å². The lowest BCUT2D eigenvalue weighted by Crippen LogP contribution is -2.29. The van der Waals surface area contributed by atoms with Crippen LogP contribution in [0.3, 0.4) is 0 Å². The molecule has 0 aliphatic rings. The van der Waals surface area contributed by atoms with E-state index in [4.69, 9.17) is 9.47 Å². The molecule has 0 amide bonds. The van der Waals surface area contributed by atoms with E-state index >= 15 is 0 Å². The monoisotopic (exact) mass is 261 g/mol. The van der Waals surface area contributed by atoms with Gasteiger partial charge in [0.25, 0.3) is 0 Å². The van der Waals surface area contributed by atoms with Crippen molar-refractivity contribution < 1.29 is 9.47 Å². The smallest absolute Gasteiger partial charge is 0.161 e. The number of benzene rings is 1. The van der Waals surface area contributed by atoms with Crippen LogP contribution in [0.25, 0.3) is 6.08 Å². The van der Waals surface area contributed by atoms with Crippen LogP contribution in [0.5, 0.6) is 11.5 Å². The third kappa shape index (κ3) is 5.18. The van der Waals surface area contributed by atoms with E-state index in [1.54, 1.807) is 7.11 Å². The maximum atomic E-state index is 5.87. The lowest BCUT2D eigenvalue weighted by molar-refractivity contribution is 0.209. The van der Waals surface area contributed by atoms with Gasteiger partial charge in [0.05, 0.1) is 7.11 Å². The van der Waals surface area contributed by atoms with Crippen LogP contribution in [-0.4, -0.2) is 26.3 Å². The third-order valence-corrected chi connectivity index (χ3v) is 2.60. The first-order chi connectivity index (χ1) is 9.21. The second-order valence-electron chi connectivity index (χ2n) is 4.29. The van der Waals surface area contributed by atoms with Gasteiger partial charge >= 0.3 is 0 Å². The number of nitrogens with one attached hydrogen (secondary N) is 1. The third-order valence-electron chi connectivity index (χ3n) is 2.60. The van der Waals surface area contributed by atoms with Crippen molar-refractivity contribution in [3.05, 3.63) is 42.5 Å². The molecule has 0 bridgehead atoms. The summed E-state index contributed by atoms with van der Waals surface area (Å²) in [5, 5.41) is 3.23. The summed E-state index contributed by atoms with van der Waals surface area (Å²) in [6.07, 6.45) is 5.93. The van der Waals surface area contributed by atoms with Crippen LogP contribution in [-0.2, 0) is 0 Å². The van der Waals surface area contributed by atoms with Gasteiger partial charge in [0.15, 0.2) is 11.5 Å². The fourth-order valence-electron chi connectivity index (χ4n) is 1.72. The normalized spacial score (nSPS) is 12.4. The van der Waals surface area contributed by atoms with E-state index in [-0.39, 0.29) is 6.10 Å². The molecule has 1 aromatic carbocycles. The Labute approximate surface area is 115 Å². The predicted molar refractivity (Wildman–Crippen MR) is 80.9 cm³/mol. The Morgan fingerprint density at radius 1 is 1.37 bits per heavy atom. The quantitative estimate of drug-likeness (QED) is 0.575. The summed E-state index contributed by atoms with van der Waals surface area (Å²) in [5.41, 5.74) is 1.10. The van der Waals surface area contributed by atoms with E-state index in [1.165, 1.54) is 0 Å². The second kappa shape index (κ2) is 8.38. The topological polar surface area (TPSA) is 30.5 Å². The van der Waals surface area contributed by atoms with E-state index in [0.717, 1.165) is 30.2 Å². The summed E-state index contributed by atoms with van der Waals surface area (Å²) in [5.74, 6) is 1.52. The van der Waals surface area contributed by atoms with Crippen LogP contribution in [0.1, 0.15) is 19.4 Å². The summed E-state index contributed by atoms with van der Waals surface area (Å²) in [6.45, 7) is 9.23. The Bertz CT molecular complexity index is 427. The molecule has 0 saturated carbocycles. The molecule has 3 nitrogen and oxygen atoms in total. The molecule has 1 N–H and O–H groups in total. The van der Waals surface area contributed by atoms with Gasteiger partial charge in [0.2, 0.25) is 0 Å². The van der Waals surface area contributed by atoms with Crippen molar-refractivity contribution in [2.45, 2.75) is 20.0 Å². The standard InChI is InChI=1S/C16H23NO2/c1-5-7-14-8-9-15(16(11-14)18-4)19-13(3)12-17-10-6-2/h5-9,11,13,17H,2,10,12H2,1,3-4H3. The number of hydrogen-bond acceptors (Lipinski definition) is 3. The van der Waals surface area contributed by atoms with E-state index in [1.807, 2.05) is 50.3 Å². The number of rotatable bonds is 8. The highest BCUT2D eigenvalue weighted by atomic mass is 16.5. The number of methoxy groups -OCH3 is 1. The van der Waals surface area contributed by atoms with E-state index in [0.29, 0.717) is 0 Å². The zero-order valence-corrected chi connectivity index (χ0v) is 12.0. The average molecular weight is 261 g/mol. The van der Waals surface area contributed by atoms with E-state index in [9.17, 15) is 0 Å². The summed E-state index contributed by atoms with van der Waals surface area (Å²) in [7, 11) is 1.66. The Morgan fingerprint density at radius 3 is 2.79 bits per heavy atom. The van der Waals surface area contributed by atoms with E-state index in [2.05, 4.69) is 11.9 Å². The van der Waals surface area contributed by atoms with Gasteiger partial charge in [0.1, 0.15) is 6.10 Å². The Hall–Kier alpha value is -1.74. The first-order valence-corrected chi connectivity index (χ1v) is 6.50. The predicted octanol–water partition coefficient (Wildman–Crippen LogP) is 3.27. The fraction of sp³-hybridized carbons (Fsp3) is 0.375. The second-order valence-corrected chi connectivity index (χ2v) is 4.29. The molecule has 0 aromatic heterocycles. The number of hydrogen-bond donors (Lipinski definition) is 1. The molecule has 0 aliphatic carbocycles. The minimum Gasteiger partial charge on any atom is -0.493 e. The molecule has 0 spiro atoms. The van der Waals surface area contributed by atoms with Crippen LogP contribution in [0.15, 0.2) is 36.9 Å². The highest BCUT2D eigenvalue weighted by Crippen LogP contribution is 2.29. The van der Waals surface area contributed by atoms with Gasteiger partial charge in [-0.1, -0.05) is 24.3 Å². The van der Waals surface area contributed by atoms with Gasteiger partial charge in [-0.3, -0.25) is 0 Å².